The molecule has 0 saturated carbocycles. The van der Waals surface area contributed by atoms with E-state index in [0.29, 0.717) is 0 Å². The van der Waals surface area contributed by atoms with Gasteiger partial charge in [-0.15, -0.1) is 0 Å². The third kappa shape index (κ3) is 4.33. The molecule has 0 radical (unpaired) electrons. The summed E-state index contributed by atoms with van der Waals surface area (Å²) in [5, 5.41) is 9.95. The predicted octanol–water partition coefficient (Wildman–Crippen LogP) is 3.32. The fourth-order valence-corrected chi connectivity index (χ4v) is 1.67. The van der Waals surface area contributed by atoms with Crippen molar-refractivity contribution in [3.63, 3.8) is 0 Å². The zero-order valence-electron chi connectivity index (χ0n) is 10.4. The smallest absolute Gasteiger partial charge is 0.0790 e. The van der Waals surface area contributed by atoms with Crippen LogP contribution in [0, 0.1) is 0 Å². The second-order valence-electron chi connectivity index (χ2n) is 4.78. The van der Waals surface area contributed by atoms with Gasteiger partial charge in [0, 0.05) is 7.11 Å². The molecule has 0 aliphatic rings. The number of hydrogen-bond acceptors (Lipinski definition) is 2. The summed E-state index contributed by atoms with van der Waals surface area (Å²) in [6.07, 6.45) is 2.37. The number of aliphatic hydroxyl groups is 1. The van der Waals surface area contributed by atoms with Crippen LogP contribution >= 0.6 is 0 Å². The van der Waals surface area contributed by atoms with Crippen LogP contribution in [-0.2, 0) is 4.74 Å². The second-order valence-corrected chi connectivity index (χ2v) is 4.78. The highest BCUT2D eigenvalue weighted by atomic mass is 16.5. The molecule has 1 aromatic carbocycles. The molecule has 2 heteroatoms. The van der Waals surface area contributed by atoms with Gasteiger partial charge in [0.15, 0.2) is 0 Å². The van der Waals surface area contributed by atoms with Crippen molar-refractivity contribution in [2.75, 3.05) is 7.11 Å². The fraction of sp³-hybridized carbons (Fsp3) is 0.571. The van der Waals surface area contributed by atoms with Crippen LogP contribution in [0.5, 0.6) is 0 Å². The van der Waals surface area contributed by atoms with Gasteiger partial charge in [0.2, 0.25) is 0 Å². The van der Waals surface area contributed by atoms with Gasteiger partial charge < -0.3 is 9.84 Å². The van der Waals surface area contributed by atoms with E-state index in [1.807, 2.05) is 30.3 Å². The van der Waals surface area contributed by atoms with Gasteiger partial charge in [-0.3, -0.25) is 0 Å². The zero-order valence-corrected chi connectivity index (χ0v) is 10.4. The Morgan fingerprint density at radius 1 is 1.25 bits per heavy atom. The summed E-state index contributed by atoms with van der Waals surface area (Å²) in [6.45, 7) is 4.14. The highest BCUT2D eigenvalue weighted by molar-refractivity contribution is 5.16. The number of methoxy groups -OCH3 is 1. The van der Waals surface area contributed by atoms with E-state index in [-0.39, 0.29) is 11.7 Å². The first-order valence-corrected chi connectivity index (χ1v) is 5.83. The topological polar surface area (TPSA) is 29.5 Å². The minimum Gasteiger partial charge on any atom is -0.388 e. The van der Waals surface area contributed by atoms with Crippen LogP contribution in [0.4, 0.5) is 0 Å². The van der Waals surface area contributed by atoms with Crippen LogP contribution in [0.3, 0.4) is 0 Å². The van der Waals surface area contributed by atoms with Gasteiger partial charge in [-0.05, 0) is 38.7 Å². The Bertz CT molecular complexity index is 293. The van der Waals surface area contributed by atoms with Crippen LogP contribution in [0.25, 0.3) is 0 Å². The van der Waals surface area contributed by atoms with E-state index >= 15 is 0 Å². The molecule has 1 aromatic rings. The monoisotopic (exact) mass is 222 g/mol. The number of benzene rings is 1. The van der Waals surface area contributed by atoms with Gasteiger partial charge in [0.05, 0.1) is 11.7 Å². The average Bonchev–Trinajstić information content (AvgIpc) is 2.30. The van der Waals surface area contributed by atoms with E-state index in [1.165, 1.54) is 0 Å². The molecule has 0 amide bonds. The molecule has 0 aliphatic carbocycles. The third-order valence-corrected chi connectivity index (χ3v) is 2.99. The first-order valence-electron chi connectivity index (χ1n) is 5.83. The summed E-state index contributed by atoms with van der Waals surface area (Å²) < 4.78 is 5.34. The van der Waals surface area contributed by atoms with E-state index < -0.39 is 0 Å². The van der Waals surface area contributed by atoms with Crippen molar-refractivity contribution >= 4 is 0 Å². The Hall–Kier alpha value is -0.860. The fourth-order valence-electron chi connectivity index (χ4n) is 1.67. The largest absolute Gasteiger partial charge is 0.388 e. The van der Waals surface area contributed by atoms with Crippen LogP contribution in [-0.4, -0.2) is 17.8 Å². The molecule has 0 heterocycles. The predicted molar refractivity (Wildman–Crippen MR) is 66.3 cm³/mol. The molecule has 2 nitrogen and oxygen atoms in total. The molecular weight excluding hydrogens is 200 g/mol. The molecule has 90 valence electrons. The van der Waals surface area contributed by atoms with Crippen molar-refractivity contribution in [3.8, 4) is 0 Å². The lowest BCUT2D eigenvalue weighted by atomic mass is 9.97. The number of rotatable bonds is 6. The molecule has 0 bridgehead atoms. The number of aliphatic hydroxyl groups excluding tert-OH is 1. The number of ether oxygens (including phenoxy) is 1. The minimum absolute atomic E-state index is 0.0869. The lowest BCUT2D eigenvalue weighted by Gasteiger charge is -2.23. The van der Waals surface area contributed by atoms with Gasteiger partial charge in [0.25, 0.3) is 0 Å². The van der Waals surface area contributed by atoms with Gasteiger partial charge in [0.1, 0.15) is 0 Å². The van der Waals surface area contributed by atoms with E-state index in [9.17, 15) is 5.11 Å². The Balaban J connectivity index is 2.34. The maximum Gasteiger partial charge on any atom is 0.0790 e. The summed E-state index contributed by atoms with van der Waals surface area (Å²) in [5.41, 5.74) is 0.911. The summed E-state index contributed by atoms with van der Waals surface area (Å²) >= 11 is 0. The van der Waals surface area contributed by atoms with Gasteiger partial charge in [-0.1, -0.05) is 30.3 Å². The van der Waals surface area contributed by atoms with Crippen LogP contribution in [0.15, 0.2) is 30.3 Å². The molecule has 0 fully saturated rings. The van der Waals surface area contributed by atoms with Crippen molar-refractivity contribution in [1.82, 2.24) is 0 Å². The van der Waals surface area contributed by atoms with Crippen molar-refractivity contribution < 1.29 is 9.84 Å². The first-order chi connectivity index (χ1) is 7.55. The van der Waals surface area contributed by atoms with E-state index in [0.717, 1.165) is 24.8 Å². The highest BCUT2D eigenvalue weighted by Crippen LogP contribution is 2.23. The lowest BCUT2D eigenvalue weighted by molar-refractivity contribution is 0.0106. The third-order valence-electron chi connectivity index (χ3n) is 2.99. The molecular formula is C14H22O2. The molecule has 1 rings (SSSR count). The Morgan fingerprint density at radius 3 is 2.44 bits per heavy atom. The Kier molecular flexibility index (Phi) is 4.97. The van der Waals surface area contributed by atoms with Gasteiger partial charge >= 0.3 is 0 Å². The first kappa shape index (κ1) is 13.2. The van der Waals surface area contributed by atoms with Crippen molar-refractivity contribution in [2.24, 2.45) is 0 Å². The standard InChI is InChI=1S/C14H22O2/c1-14(2,16-3)11-7-10-13(15)12-8-5-4-6-9-12/h4-6,8-9,13,15H,7,10-11H2,1-3H3. The molecule has 0 aromatic heterocycles. The Morgan fingerprint density at radius 2 is 1.88 bits per heavy atom. The van der Waals surface area contributed by atoms with Crippen molar-refractivity contribution in [2.45, 2.75) is 44.8 Å². The van der Waals surface area contributed by atoms with Crippen molar-refractivity contribution in [1.29, 1.82) is 0 Å². The molecule has 1 atom stereocenters. The maximum absolute atomic E-state index is 9.95. The summed E-state index contributed by atoms with van der Waals surface area (Å²) in [7, 11) is 1.73. The molecule has 16 heavy (non-hydrogen) atoms. The quantitative estimate of drug-likeness (QED) is 0.800. The van der Waals surface area contributed by atoms with E-state index in [2.05, 4.69) is 13.8 Å². The van der Waals surface area contributed by atoms with E-state index in [4.69, 9.17) is 4.74 Å². The zero-order chi connectivity index (χ0) is 12.0. The summed E-state index contributed by atoms with van der Waals surface area (Å²) in [4.78, 5) is 0. The van der Waals surface area contributed by atoms with Gasteiger partial charge in [-0.2, -0.15) is 0 Å². The van der Waals surface area contributed by atoms with Gasteiger partial charge in [-0.25, -0.2) is 0 Å². The normalized spacial score (nSPS) is 13.8. The molecule has 0 saturated heterocycles. The van der Waals surface area contributed by atoms with Crippen molar-refractivity contribution in [3.05, 3.63) is 35.9 Å². The average molecular weight is 222 g/mol. The number of hydrogen-bond donors (Lipinski definition) is 1. The van der Waals surface area contributed by atoms with Crippen LogP contribution in [0.2, 0.25) is 0 Å². The molecule has 0 aliphatic heterocycles. The second kappa shape index (κ2) is 6.02. The SMILES string of the molecule is COC(C)(C)CCCC(O)c1ccccc1. The molecule has 0 spiro atoms. The summed E-state index contributed by atoms with van der Waals surface area (Å²) in [5.74, 6) is 0. The lowest BCUT2D eigenvalue weighted by Crippen LogP contribution is -2.22. The minimum atomic E-state index is -0.353. The van der Waals surface area contributed by atoms with E-state index in [1.54, 1.807) is 7.11 Å². The summed E-state index contributed by atoms with van der Waals surface area (Å²) in [6, 6.07) is 9.80. The maximum atomic E-state index is 9.95. The highest BCUT2D eigenvalue weighted by Gasteiger charge is 2.16. The molecule has 1 unspecified atom stereocenters. The van der Waals surface area contributed by atoms with Crippen LogP contribution in [0.1, 0.15) is 44.8 Å². The van der Waals surface area contributed by atoms with Crippen LogP contribution < -0.4 is 0 Å². The Labute approximate surface area is 98.3 Å². The molecule has 1 N–H and O–H groups in total.